The third-order valence-electron chi connectivity index (χ3n) is 2.00. The number of anilines is 1. The molecule has 0 aromatic carbocycles. The molecule has 0 saturated carbocycles. The molecular formula is C10H11BrN2OS. The van der Waals surface area contributed by atoms with Crippen LogP contribution in [0.4, 0.5) is 5.13 Å². The zero-order valence-corrected chi connectivity index (χ0v) is 10.9. The first-order valence-corrected chi connectivity index (χ1v) is 6.26. The van der Waals surface area contributed by atoms with Crippen molar-refractivity contribution in [3.05, 3.63) is 33.6 Å². The quantitative estimate of drug-likeness (QED) is 0.927. The van der Waals surface area contributed by atoms with Crippen molar-refractivity contribution in [3.8, 4) is 0 Å². The summed E-state index contributed by atoms with van der Waals surface area (Å²) in [5.41, 5.74) is 0. The molecule has 2 aromatic heterocycles. The number of aryl methyl sites for hydroxylation is 1. The minimum Gasteiger partial charge on any atom is -0.464 e. The molecule has 3 nitrogen and oxygen atoms in total. The van der Waals surface area contributed by atoms with E-state index in [1.165, 1.54) is 0 Å². The van der Waals surface area contributed by atoms with Gasteiger partial charge in [0.25, 0.3) is 0 Å². The minimum atomic E-state index is 0.136. The lowest BCUT2D eigenvalue weighted by Gasteiger charge is -2.09. The van der Waals surface area contributed by atoms with Crippen LogP contribution in [0.3, 0.4) is 0 Å². The molecule has 0 aliphatic rings. The third kappa shape index (κ3) is 2.60. The molecule has 2 heterocycles. The van der Waals surface area contributed by atoms with Crippen molar-refractivity contribution in [1.82, 2.24) is 4.98 Å². The fourth-order valence-corrected chi connectivity index (χ4v) is 2.50. The van der Waals surface area contributed by atoms with Crippen molar-refractivity contribution < 1.29 is 4.42 Å². The molecule has 80 valence electrons. The highest BCUT2D eigenvalue weighted by Gasteiger charge is 2.10. The summed E-state index contributed by atoms with van der Waals surface area (Å²) >= 11 is 4.89. The molecular weight excluding hydrogens is 276 g/mol. The molecule has 1 N–H and O–H groups in total. The Morgan fingerprint density at radius 3 is 2.87 bits per heavy atom. The second-order valence-electron chi connectivity index (χ2n) is 3.29. The standard InChI is InChI=1S/C10H11BrN2OS/c1-6-3-4-8(14-6)7(2)12-10-13-9(11)5-15-10/h3-5,7H,1-2H3,(H,12,13). The van der Waals surface area contributed by atoms with Gasteiger partial charge in [0.05, 0.1) is 6.04 Å². The molecule has 5 heteroatoms. The fourth-order valence-electron chi connectivity index (χ4n) is 1.26. The number of halogens is 1. The number of furan rings is 1. The van der Waals surface area contributed by atoms with Gasteiger partial charge >= 0.3 is 0 Å². The minimum absolute atomic E-state index is 0.136. The lowest BCUT2D eigenvalue weighted by Crippen LogP contribution is -2.04. The van der Waals surface area contributed by atoms with Crippen molar-refractivity contribution in [2.75, 3.05) is 5.32 Å². The molecule has 1 atom stereocenters. The number of thiazole rings is 1. The third-order valence-corrected chi connectivity index (χ3v) is 3.49. The Balaban J connectivity index is 2.06. The molecule has 0 fully saturated rings. The van der Waals surface area contributed by atoms with Gasteiger partial charge < -0.3 is 9.73 Å². The predicted octanol–water partition coefficient (Wildman–Crippen LogP) is 3.98. The number of nitrogens with one attached hydrogen (secondary N) is 1. The van der Waals surface area contributed by atoms with Gasteiger partial charge in [0.1, 0.15) is 16.1 Å². The number of aromatic nitrogens is 1. The summed E-state index contributed by atoms with van der Waals surface area (Å²) in [5, 5.41) is 6.11. The molecule has 1 unspecified atom stereocenters. The summed E-state index contributed by atoms with van der Waals surface area (Å²) < 4.78 is 6.39. The van der Waals surface area contributed by atoms with E-state index in [0.29, 0.717) is 0 Å². The molecule has 15 heavy (non-hydrogen) atoms. The van der Waals surface area contributed by atoms with Crippen molar-refractivity contribution in [1.29, 1.82) is 0 Å². The summed E-state index contributed by atoms with van der Waals surface area (Å²) in [4.78, 5) is 4.27. The molecule has 0 spiro atoms. The van der Waals surface area contributed by atoms with Crippen LogP contribution in [-0.4, -0.2) is 4.98 Å². The number of rotatable bonds is 3. The van der Waals surface area contributed by atoms with E-state index in [1.54, 1.807) is 11.3 Å². The van der Waals surface area contributed by atoms with Gasteiger partial charge in [0.15, 0.2) is 5.13 Å². The highest BCUT2D eigenvalue weighted by molar-refractivity contribution is 9.10. The van der Waals surface area contributed by atoms with E-state index >= 15 is 0 Å². The van der Waals surface area contributed by atoms with Crippen LogP contribution < -0.4 is 5.32 Å². The Morgan fingerprint density at radius 1 is 1.53 bits per heavy atom. The normalized spacial score (nSPS) is 12.7. The van der Waals surface area contributed by atoms with E-state index in [2.05, 4.69) is 26.2 Å². The molecule has 0 saturated heterocycles. The van der Waals surface area contributed by atoms with Crippen molar-refractivity contribution >= 4 is 32.4 Å². The molecule has 0 amide bonds. The van der Waals surface area contributed by atoms with Crippen LogP contribution in [0.15, 0.2) is 26.5 Å². The highest BCUT2D eigenvalue weighted by Crippen LogP contribution is 2.25. The summed E-state index contributed by atoms with van der Waals surface area (Å²) in [5.74, 6) is 1.86. The van der Waals surface area contributed by atoms with Crippen molar-refractivity contribution in [2.45, 2.75) is 19.9 Å². The van der Waals surface area contributed by atoms with Crippen LogP contribution >= 0.6 is 27.3 Å². The topological polar surface area (TPSA) is 38.1 Å². The van der Waals surface area contributed by atoms with E-state index in [-0.39, 0.29) is 6.04 Å². The molecule has 0 bridgehead atoms. The largest absolute Gasteiger partial charge is 0.464 e. The predicted molar refractivity (Wildman–Crippen MR) is 65.3 cm³/mol. The zero-order valence-electron chi connectivity index (χ0n) is 8.45. The van der Waals surface area contributed by atoms with Crippen LogP contribution in [0.2, 0.25) is 0 Å². The van der Waals surface area contributed by atoms with E-state index < -0.39 is 0 Å². The Kier molecular flexibility index (Phi) is 3.11. The highest BCUT2D eigenvalue weighted by atomic mass is 79.9. The van der Waals surface area contributed by atoms with E-state index in [0.717, 1.165) is 21.3 Å². The molecule has 2 aromatic rings. The van der Waals surface area contributed by atoms with Crippen LogP contribution in [0, 0.1) is 6.92 Å². The number of hydrogen-bond acceptors (Lipinski definition) is 4. The zero-order chi connectivity index (χ0) is 10.8. The fraction of sp³-hybridized carbons (Fsp3) is 0.300. The van der Waals surface area contributed by atoms with Crippen LogP contribution in [0.1, 0.15) is 24.5 Å². The SMILES string of the molecule is Cc1ccc(C(C)Nc2nc(Br)cs2)o1. The van der Waals surface area contributed by atoms with Crippen LogP contribution in [0.5, 0.6) is 0 Å². The maximum absolute atomic E-state index is 5.53. The van der Waals surface area contributed by atoms with Gasteiger partial charge in [0.2, 0.25) is 0 Å². The average molecular weight is 287 g/mol. The lowest BCUT2D eigenvalue weighted by atomic mass is 10.2. The second kappa shape index (κ2) is 4.37. The smallest absolute Gasteiger partial charge is 0.184 e. The maximum Gasteiger partial charge on any atom is 0.184 e. The van der Waals surface area contributed by atoms with Gasteiger partial charge in [-0.05, 0) is 41.9 Å². The van der Waals surface area contributed by atoms with Crippen LogP contribution in [0.25, 0.3) is 0 Å². The summed E-state index contributed by atoms with van der Waals surface area (Å²) in [6.07, 6.45) is 0. The van der Waals surface area contributed by atoms with E-state index in [9.17, 15) is 0 Å². The van der Waals surface area contributed by atoms with Gasteiger partial charge in [-0.3, -0.25) is 0 Å². The number of hydrogen-bond donors (Lipinski definition) is 1. The summed E-state index contributed by atoms with van der Waals surface area (Å²) in [7, 11) is 0. The van der Waals surface area contributed by atoms with E-state index in [1.807, 2.05) is 31.4 Å². The maximum atomic E-state index is 5.53. The van der Waals surface area contributed by atoms with Crippen molar-refractivity contribution in [3.63, 3.8) is 0 Å². The second-order valence-corrected chi connectivity index (χ2v) is 4.96. The first-order chi connectivity index (χ1) is 7.15. The average Bonchev–Trinajstić information content (AvgIpc) is 2.75. The van der Waals surface area contributed by atoms with Gasteiger partial charge in [-0.1, -0.05) is 0 Å². The monoisotopic (exact) mass is 286 g/mol. The Labute approximate surface area is 101 Å². The number of nitrogens with zero attached hydrogens (tertiary/aromatic N) is 1. The summed E-state index contributed by atoms with van der Waals surface area (Å²) in [6.45, 7) is 3.99. The van der Waals surface area contributed by atoms with Gasteiger partial charge in [0, 0.05) is 5.38 Å². The van der Waals surface area contributed by atoms with Gasteiger partial charge in [-0.15, -0.1) is 11.3 Å². The Morgan fingerprint density at radius 2 is 2.33 bits per heavy atom. The first kappa shape index (κ1) is 10.7. The van der Waals surface area contributed by atoms with E-state index in [4.69, 9.17) is 4.42 Å². The summed E-state index contributed by atoms with van der Waals surface area (Å²) in [6, 6.07) is 4.08. The Hall–Kier alpha value is -0.810. The Bertz CT molecular complexity index is 452. The molecule has 0 aliphatic heterocycles. The lowest BCUT2D eigenvalue weighted by molar-refractivity contribution is 0.467. The molecule has 2 rings (SSSR count). The van der Waals surface area contributed by atoms with Crippen LogP contribution in [-0.2, 0) is 0 Å². The van der Waals surface area contributed by atoms with Gasteiger partial charge in [-0.2, -0.15) is 0 Å². The molecule has 0 aliphatic carbocycles. The van der Waals surface area contributed by atoms with Crippen molar-refractivity contribution in [2.24, 2.45) is 0 Å². The van der Waals surface area contributed by atoms with Gasteiger partial charge in [-0.25, -0.2) is 4.98 Å². The molecule has 0 radical (unpaired) electrons. The first-order valence-electron chi connectivity index (χ1n) is 4.59.